The maximum absolute atomic E-state index is 9.48. The van der Waals surface area contributed by atoms with Gasteiger partial charge in [0.2, 0.25) is 0 Å². The normalized spacial score (nSPS) is 15.8. The van der Waals surface area contributed by atoms with Crippen molar-refractivity contribution in [3.05, 3.63) is 27.7 Å². The lowest BCUT2D eigenvalue weighted by atomic mass is 10.0. The monoisotopic (exact) mass is 228 g/mol. The van der Waals surface area contributed by atoms with Crippen LogP contribution in [0.1, 0.15) is 11.1 Å². The van der Waals surface area contributed by atoms with E-state index in [-0.39, 0.29) is 0 Å². The first kappa shape index (κ1) is 8.08. The van der Waals surface area contributed by atoms with Gasteiger partial charge in [0.1, 0.15) is 5.75 Å². The summed E-state index contributed by atoms with van der Waals surface area (Å²) >= 11 is 3.45. The molecule has 1 N–H and O–H groups in total. The van der Waals surface area contributed by atoms with E-state index in [0.29, 0.717) is 12.4 Å². The molecule has 0 saturated heterocycles. The van der Waals surface area contributed by atoms with Crippen molar-refractivity contribution in [2.75, 3.05) is 6.61 Å². The molecule has 0 amide bonds. The number of rotatable bonds is 0. The van der Waals surface area contributed by atoms with Crippen molar-refractivity contribution in [1.29, 1.82) is 0 Å². The first-order valence-corrected chi connectivity index (χ1v) is 4.65. The highest BCUT2D eigenvalue weighted by molar-refractivity contribution is 9.10. The van der Waals surface area contributed by atoms with Gasteiger partial charge in [-0.05, 0) is 24.1 Å². The van der Waals surface area contributed by atoms with E-state index in [1.54, 1.807) is 6.07 Å². The number of phenolic OH excluding ortho intramolecular Hbond substituents is 1. The van der Waals surface area contributed by atoms with Crippen LogP contribution >= 0.6 is 15.9 Å². The van der Waals surface area contributed by atoms with Crippen molar-refractivity contribution < 1.29 is 9.84 Å². The Hall–Kier alpha value is -0.540. The molecule has 1 aliphatic heterocycles. The van der Waals surface area contributed by atoms with Gasteiger partial charge in [0.15, 0.2) is 0 Å². The van der Waals surface area contributed by atoms with Crippen LogP contribution in [-0.4, -0.2) is 11.7 Å². The van der Waals surface area contributed by atoms with Gasteiger partial charge in [0, 0.05) is 10.0 Å². The molecule has 0 saturated carbocycles. The summed E-state index contributed by atoms with van der Waals surface area (Å²) in [5, 5.41) is 9.48. The number of benzene rings is 1. The van der Waals surface area contributed by atoms with E-state index in [1.807, 2.05) is 6.07 Å². The van der Waals surface area contributed by atoms with Crippen molar-refractivity contribution >= 4 is 15.9 Å². The number of aromatic hydroxyl groups is 1. The summed E-state index contributed by atoms with van der Waals surface area (Å²) in [7, 11) is 0. The molecule has 1 heterocycles. The van der Waals surface area contributed by atoms with Crippen LogP contribution in [0.4, 0.5) is 0 Å². The Morgan fingerprint density at radius 1 is 1.33 bits per heavy atom. The second-order valence-electron chi connectivity index (χ2n) is 2.83. The lowest BCUT2D eigenvalue weighted by molar-refractivity contribution is 0.108. The van der Waals surface area contributed by atoms with Gasteiger partial charge < -0.3 is 9.84 Å². The first-order chi connectivity index (χ1) is 5.79. The van der Waals surface area contributed by atoms with Crippen LogP contribution in [0.5, 0.6) is 5.75 Å². The average Bonchev–Trinajstić information content (AvgIpc) is 2.12. The van der Waals surface area contributed by atoms with Gasteiger partial charge in [-0.15, -0.1) is 0 Å². The van der Waals surface area contributed by atoms with Crippen molar-refractivity contribution in [3.63, 3.8) is 0 Å². The van der Waals surface area contributed by atoms with Gasteiger partial charge >= 0.3 is 0 Å². The Balaban J connectivity index is 2.57. The van der Waals surface area contributed by atoms with Gasteiger partial charge in [0.25, 0.3) is 0 Å². The molecule has 0 atom stereocenters. The molecule has 3 heteroatoms. The average molecular weight is 229 g/mol. The van der Waals surface area contributed by atoms with Gasteiger partial charge in [0.05, 0.1) is 13.2 Å². The van der Waals surface area contributed by atoms with Gasteiger partial charge in [-0.25, -0.2) is 0 Å². The Morgan fingerprint density at radius 3 is 2.92 bits per heavy atom. The summed E-state index contributed by atoms with van der Waals surface area (Å²) in [6.07, 6.45) is 0.879. The molecule has 2 nitrogen and oxygen atoms in total. The molecule has 1 aromatic carbocycles. The van der Waals surface area contributed by atoms with Crippen molar-refractivity contribution in [2.45, 2.75) is 13.0 Å². The van der Waals surface area contributed by atoms with Crippen molar-refractivity contribution in [1.82, 2.24) is 0 Å². The minimum atomic E-state index is 0.341. The smallest absolute Gasteiger partial charge is 0.121 e. The Bertz CT molecular complexity index is 279. The highest BCUT2D eigenvalue weighted by Gasteiger charge is 2.15. The molecular weight excluding hydrogens is 220 g/mol. The SMILES string of the molecule is Oc1ccc(Br)c2c1COCC2. The molecular formula is C9H9BrO2. The summed E-state index contributed by atoms with van der Waals surface area (Å²) in [5.41, 5.74) is 2.11. The zero-order valence-electron chi connectivity index (χ0n) is 6.51. The largest absolute Gasteiger partial charge is 0.508 e. The molecule has 0 fully saturated rings. The van der Waals surface area contributed by atoms with Gasteiger partial charge in [-0.2, -0.15) is 0 Å². The molecule has 1 aromatic rings. The number of hydrogen-bond donors (Lipinski definition) is 1. The van der Waals surface area contributed by atoms with Crippen LogP contribution in [0.3, 0.4) is 0 Å². The predicted octanol–water partition coefficient (Wildman–Crippen LogP) is 2.23. The molecule has 0 aliphatic carbocycles. The number of fused-ring (bicyclic) bond motifs is 1. The fourth-order valence-electron chi connectivity index (χ4n) is 1.43. The first-order valence-electron chi connectivity index (χ1n) is 3.86. The Kier molecular flexibility index (Phi) is 2.07. The lowest BCUT2D eigenvalue weighted by Crippen LogP contribution is -2.10. The maximum Gasteiger partial charge on any atom is 0.121 e. The summed E-state index contributed by atoms with van der Waals surface area (Å²) < 4.78 is 6.32. The van der Waals surface area contributed by atoms with Crippen molar-refractivity contribution in [3.8, 4) is 5.75 Å². The van der Waals surface area contributed by atoms with Gasteiger partial charge in [-0.1, -0.05) is 15.9 Å². The zero-order valence-corrected chi connectivity index (χ0v) is 8.10. The number of phenols is 1. The zero-order chi connectivity index (χ0) is 8.55. The summed E-state index contributed by atoms with van der Waals surface area (Å²) in [6, 6.07) is 3.57. The fourth-order valence-corrected chi connectivity index (χ4v) is 2.00. The minimum absolute atomic E-state index is 0.341. The number of halogens is 1. The molecule has 0 aromatic heterocycles. The second-order valence-corrected chi connectivity index (χ2v) is 3.68. The molecule has 0 radical (unpaired) electrons. The van der Waals surface area contributed by atoms with E-state index in [9.17, 15) is 5.11 Å². The van der Waals surface area contributed by atoms with Crippen LogP contribution in [-0.2, 0) is 17.8 Å². The minimum Gasteiger partial charge on any atom is -0.508 e. The third-order valence-corrected chi connectivity index (χ3v) is 2.84. The summed E-state index contributed by atoms with van der Waals surface area (Å²) in [6.45, 7) is 1.27. The van der Waals surface area contributed by atoms with E-state index in [0.717, 1.165) is 23.1 Å². The molecule has 12 heavy (non-hydrogen) atoms. The second kappa shape index (κ2) is 3.07. The fraction of sp³-hybridized carbons (Fsp3) is 0.333. The summed E-state index contributed by atoms with van der Waals surface area (Å²) in [5.74, 6) is 0.341. The third-order valence-electron chi connectivity index (χ3n) is 2.09. The van der Waals surface area contributed by atoms with E-state index < -0.39 is 0 Å². The Morgan fingerprint density at radius 2 is 2.17 bits per heavy atom. The van der Waals surface area contributed by atoms with Crippen LogP contribution < -0.4 is 0 Å². The highest BCUT2D eigenvalue weighted by Crippen LogP contribution is 2.31. The highest BCUT2D eigenvalue weighted by atomic mass is 79.9. The topological polar surface area (TPSA) is 29.5 Å². The number of hydrogen-bond acceptors (Lipinski definition) is 2. The molecule has 0 spiro atoms. The quantitative estimate of drug-likeness (QED) is 0.739. The number of ether oxygens (including phenoxy) is 1. The predicted molar refractivity (Wildman–Crippen MR) is 49.2 cm³/mol. The third kappa shape index (κ3) is 1.23. The van der Waals surface area contributed by atoms with E-state index in [1.165, 1.54) is 5.56 Å². The molecule has 64 valence electrons. The van der Waals surface area contributed by atoms with Crippen LogP contribution in [0, 0.1) is 0 Å². The molecule has 1 aliphatic rings. The van der Waals surface area contributed by atoms with Crippen LogP contribution in [0.25, 0.3) is 0 Å². The standard InChI is InChI=1S/C9H9BrO2/c10-8-1-2-9(11)7-5-12-4-3-6(7)8/h1-2,11H,3-5H2. The van der Waals surface area contributed by atoms with E-state index in [2.05, 4.69) is 15.9 Å². The molecule has 0 bridgehead atoms. The van der Waals surface area contributed by atoms with Crippen LogP contribution in [0.15, 0.2) is 16.6 Å². The molecule has 2 rings (SSSR count). The van der Waals surface area contributed by atoms with E-state index >= 15 is 0 Å². The van der Waals surface area contributed by atoms with Gasteiger partial charge in [-0.3, -0.25) is 0 Å². The summed E-state index contributed by atoms with van der Waals surface area (Å²) in [4.78, 5) is 0. The van der Waals surface area contributed by atoms with E-state index in [4.69, 9.17) is 4.74 Å². The molecule has 0 unspecified atom stereocenters. The maximum atomic E-state index is 9.48. The Labute approximate surface area is 79.3 Å². The lowest BCUT2D eigenvalue weighted by Gasteiger charge is -2.18. The van der Waals surface area contributed by atoms with Crippen molar-refractivity contribution in [2.24, 2.45) is 0 Å². The van der Waals surface area contributed by atoms with Crippen LogP contribution in [0.2, 0.25) is 0 Å².